The summed E-state index contributed by atoms with van der Waals surface area (Å²) in [6.45, 7) is 2.08. The Labute approximate surface area is 138 Å². The van der Waals surface area contributed by atoms with Gasteiger partial charge in [0.2, 0.25) is 0 Å². The number of nitro benzene ring substituents is 1. The van der Waals surface area contributed by atoms with Crippen molar-refractivity contribution >= 4 is 46.0 Å². The summed E-state index contributed by atoms with van der Waals surface area (Å²) in [5.74, 6) is 0. The minimum atomic E-state index is -0.485. The van der Waals surface area contributed by atoms with Crippen molar-refractivity contribution in [1.29, 1.82) is 0 Å². The molecule has 0 unspecified atom stereocenters. The fraction of sp³-hybridized carbons (Fsp3) is 0.133. The van der Waals surface area contributed by atoms with E-state index in [-0.39, 0.29) is 5.69 Å². The Hall–Kier alpha value is -2.18. The molecule has 5 nitrogen and oxygen atoms in total. The van der Waals surface area contributed by atoms with Crippen molar-refractivity contribution in [2.75, 3.05) is 10.6 Å². The molecular weight excluding hydrogens is 322 g/mol. The average molecular weight is 336 g/mol. The van der Waals surface area contributed by atoms with Crippen molar-refractivity contribution in [3.8, 4) is 0 Å². The van der Waals surface area contributed by atoms with Crippen LogP contribution in [0.3, 0.4) is 0 Å². The van der Waals surface area contributed by atoms with Crippen molar-refractivity contribution in [1.82, 2.24) is 0 Å². The standard InChI is InChI=1S/C15H14ClN3O2S/c1-2-10-3-5-11(6-4-10)17-15(22)18-14-9-12(19(20)21)7-8-13(14)16/h3-9H,2H2,1H3,(H2,17,18,22). The van der Waals surface area contributed by atoms with E-state index < -0.39 is 4.92 Å². The number of halogens is 1. The predicted molar refractivity (Wildman–Crippen MR) is 93.8 cm³/mol. The minimum Gasteiger partial charge on any atom is -0.332 e. The Morgan fingerprint density at radius 2 is 1.91 bits per heavy atom. The second-order valence-electron chi connectivity index (χ2n) is 4.55. The Kier molecular flexibility index (Phi) is 5.30. The van der Waals surface area contributed by atoms with E-state index in [2.05, 4.69) is 17.6 Å². The molecule has 0 aliphatic heterocycles. The van der Waals surface area contributed by atoms with Gasteiger partial charge in [-0.3, -0.25) is 10.1 Å². The van der Waals surface area contributed by atoms with Crippen LogP contribution in [0.15, 0.2) is 42.5 Å². The van der Waals surface area contributed by atoms with E-state index in [4.69, 9.17) is 23.8 Å². The summed E-state index contributed by atoms with van der Waals surface area (Å²) >= 11 is 11.2. The summed E-state index contributed by atoms with van der Waals surface area (Å²) in [7, 11) is 0. The normalized spacial score (nSPS) is 10.1. The van der Waals surface area contributed by atoms with Gasteiger partial charge < -0.3 is 10.6 Å². The first-order valence-electron chi connectivity index (χ1n) is 6.60. The fourth-order valence-electron chi connectivity index (χ4n) is 1.83. The van der Waals surface area contributed by atoms with Crippen LogP contribution in [0.2, 0.25) is 5.02 Å². The first-order chi connectivity index (χ1) is 10.5. The number of rotatable bonds is 4. The number of anilines is 2. The summed E-state index contributed by atoms with van der Waals surface area (Å²) < 4.78 is 0. The number of nitrogens with zero attached hydrogens (tertiary/aromatic N) is 1. The molecule has 2 aromatic rings. The van der Waals surface area contributed by atoms with Gasteiger partial charge in [-0.15, -0.1) is 0 Å². The third-order valence-electron chi connectivity index (χ3n) is 3.03. The molecule has 0 fully saturated rings. The highest BCUT2D eigenvalue weighted by atomic mass is 35.5. The molecule has 0 heterocycles. The topological polar surface area (TPSA) is 67.2 Å². The number of nitrogens with one attached hydrogen (secondary N) is 2. The van der Waals surface area contributed by atoms with Gasteiger partial charge in [0.05, 0.1) is 15.6 Å². The molecule has 0 bridgehead atoms. The van der Waals surface area contributed by atoms with Gasteiger partial charge in [0.15, 0.2) is 5.11 Å². The Balaban J connectivity index is 2.08. The van der Waals surface area contributed by atoms with E-state index in [1.165, 1.54) is 23.8 Å². The van der Waals surface area contributed by atoms with Crippen LogP contribution >= 0.6 is 23.8 Å². The minimum absolute atomic E-state index is 0.0537. The lowest BCUT2D eigenvalue weighted by atomic mass is 10.1. The smallest absolute Gasteiger partial charge is 0.271 e. The number of benzene rings is 2. The van der Waals surface area contributed by atoms with Gasteiger partial charge in [-0.25, -0.2) is 0 Å². The van der Waals surface area contributed by atoms with Crippen LogP contribution in [0.4, 0.5) is 17.1 Å². The molecule has 0 amide bonds. The first-order valence-corrected chi connectivity index (χ1v) is 7.39. The third kappa shape index (κ3) is 4.16. The van der Waals surface area contributed by atoms with Crippen molar-refractivity contribution < 1.29 is 4.92 Å². The molecule has 0 aliphatic carbocycles. The number of nitro groups is 1. The average Bonchev–Trinajstić information content (AvgIpc) is 2.50. The van der Waals surface area contributed by atoms with Gasteiger partial charge in [0, 0.05) is 17.8 Å². The first kappa shape index (κ1) is 16.2. The molecular formula is C15H14ClN3O2S. The number of non-ortho nitro benzene ring substituents is 1. The Morgan fingerprint density at radius 1 is 1.23 bits per heavy atom. The maximum atomic E-state index is 10.8. The van der Waals surface area contributed by atoms with Crippen LogP contribution in [0.5, 0.6) is 0 Å². The highest BCUT2D eigenvalue weighted by Crippen LogP contribution is 2.26. The van der Waals surface area contributed by atoms with Gasteiger partial charge >= 0.3 is 0 Å². The Morgan fingerprint density at radius 3 is 2.50 bits per heavy atom. The van der Waals surface area contributed by atoms with E-state index >= 15 is 0 Å². The molecule has 0 saturated carbocycles. The lowest BCUT2D eigenvalue weighted by Gasteiger charge is -2.12. The molecule has 22 heavy (non-hydrogen) atoms. The van der Waals surface area contributed by atoms with Crippen LogP contribution in [0, 0.1) is 10.1 Å². The molecule has 2 rings (SSSR count). The van der Waals surface area contributed by atoms with Crippen LogP contribution in [0.25, 0.3) is 0 Å². The van der Waals surface area contributed by atoms with Crippen molar-refractivity contribution in [2.24, 2.45) is 0 Å². The van der Waals surface area contributed by atoms with Crippen LogP contribution in [0.1, 0.15) is 12.5 Å². The molecule has 2 N–H and O–H groups in total. The molecule has 0 saturated heterocycles. The lowest BCUT2D eigenvalue weighted by Crippen LogP contribution is -2.19. The van der Waals surface area contributed by atoms with E-state index in [1.807, 2.05) is 24.3 Å². The summed E-state index contributed by atoms with van der Waals surface area (Å²) in [5.41, 5.74) is 2.39. The zero-order chi connectivity index (χ0) is 16.1. The highest BCUT2D eigenvalue weighted by Gasteiger charge is 2.10. The van der Waals surface area contributed by atoms with Gasteiger partial charge in [-0.2, -0.15) is 0 Å². The van der Waals surface area contributed by atoms with E-state index in [1.54, 1.807) is 0 Å². The van der Waals surface area contributed by atoms with Crippen LogP contribution in [-0.4, -0.2) is 10.0 Å². The molecule has 2 aromatic carbocycles. The van der Waals surface area contributed by atoms with Gasteiger partial charge in [0.1, 0.15) is 0 Å². The SMILES string of the molecule is CCc1ccc(NC(=S)Nc2cc([N+](=O)[O-])ccc2Cl)cc1. The maximum absolute atomic E-state index is 10.8. The highest BCUT2D eigenvalue weighted by molar-refractivity contribution is 7.80. The predicted octanol–water partition coefficient (Wildman–Crippen LogP) is 4.62. The zero-order valence-corrected chi connectivity index (χ0v) is 13.4. The number of thiocarbonyl (C=S) groups is 1. The summed E-state index contributed by atoms with van der Waals surface area (Å²) in [5, 5.41) is 17.3. The van der Waals surface area contributed by atoms with E-state index in [0.29, 0.717) is 15.8 Å². The van der Waals surface area contributed by atoms with Crippen molar-refractivity contribution in [3.05, 3.63) is 63.2 Å². The number of aryl methyl sites for hydroxylation is 1. The van der Waals surface area contributed by atoms with Crippen LogP contribution < -0.4 is 10.6 Å². The number of hydrogen-bond donors (Lipinski definition) is 2. The second kappa shape index (κ2) is 7.20. The maximum Gasteiger partial charge on any atom is 0.271 e. The van der Waals surface area contributed by atoms with Gasteiger partial charge in [-0.1, -0.05) is 30.7 Å². The summed E-state index contributed by atoms with van der Waals surface area (Å²) in [6.07, 6.45) is 0.965. The van der Waals surface area contributed by atoms with Gasteiger partial charge in [-0.05, 0) is 42.4 Å². The van der Waals surface area contributed by atoms with Crippen LogP contribution in [-0.2, 0) is 6.42 Å². The fourth-order valence-corrected chi connectivity index (χ4v) is 2.22. The van der Waals surface area contributed by atoms with Crippen molar-refractivity contribution in [3.63, 3.8) is 0 Å². The molecule has 0 aromatic heterocycles. The summed E-state index contributed by atoms with van der Waals surface area (Å²) in [6, 6.07) is 12.0. The number of hydrogen-bond acceptors (Lipinski definition) is 3. The lowest BCUT2D eigenvalue weighted by molar-refractivity contribution is -0.384. The Bertz CT molecular complexity index is 704. The zero-order valence-electron chi connectivity index (χ0n) is 11.8. The molecule has 7 heteroatoms. The van der Waals surface area contributed by atoms with E-state index in [0.717, 1.165) is 12.1 Å². The molecule has 0 radical (unpaired) electrons. The van der Waals surface area contributed by atoms with Gasteiger partial charge in [0.25, 0.3) is 5.69 Å². The second-order valence-corrected chi connectivity index (χ2v) is 5.37. The quantitative estimate of drug-likeness (QED) is 0.485. The van der Waals surface area contributed by atoms with E-state index in [9.17, 15) is 10.1 Å². The molecule has 0 atom stereocenters. The molecule has 0 spiro atoms. The third-order valence-corrected chi connectivity index (χ3v) is 3.56. The summed E-state index contributed by atoms with van der Waals surface area (Å²) in [4.78, 5) is 10.3. The largest absolute Gasteiger partial charge is 0.332 e. The molecule has 114 valence electrons. The van der Waals surface area contributed by atoms with Crippen molar-refractivity contribution in [2.45, 2.75) is 13.3 Å². The monoisotopic (exact) mass is 335 g/mol. The molecule has 0 aliphatic rings.